The lowest BCUT2D eigenvalue weighted by atomic mass is 10.1. The number of anilines is 1. The molecular weight excluding hydrogens is 248 g/mol. The van der Waals surface area contributed by atoms with Crippen LogP contribution in [0.3, 0.4) is 0 Å². The summed E-state index contributed by atoms with van der Waals surface area (Å²) in [6, 6.07) is 7.74. The van der Waals surface area contributed by atoms with Crippen molar-refractivity contribution < 1.29 is 4.79 Å². The van der Waals surface area contributed by atoms with Gasteiger partial charge in [-0.25, -0.2) is 0 Å². The first-order chi connectivity index (χ1) is 9.65. The van der Waals surface area contributed by atoms with Crippen molar-refractivity contribution in [3.8, 4) is 0 Å². The monoisotopic (exact) mass is 276 g/mol. The molecule has 1 aromatic rings. The fourth-order valence-electron chi connectivity index (χ4n) is 2.16. The molecule has 0 saturated carbocycles. The Kier molecular flexibility index (Phi) is 7.78. The first kappa shape index (κ1) is 16.5. The van der Waals surface area contributed by atoms with E-state index in [4.69, 9.17) is 0 Å². The van der Waals surface area contributed by atoms with Gasteiger partial charge in [0.15, 0.2) is 0 Å². The highest BCUT2D eigenvalue weighted by molar-refractivity contribution is 5.94. The minimum Gasteiger partial charge on any atom is -0.385 e. The molecule has 0 saturated heterocycles. The number of benzene rings is 1. The zero-order chi connectivity index (χ0) is 14.8. The molecule has 1 amide bonds. The van der Waals surface area contributed by atoms with Gasteiger partial charge in [-0.3, -0.25) is 4.79 Å². The van der Waals surface area contributed by atoms with E-state index in [2.05, 4.69) is 12.2 Å². The molecule has 0 heterocycles. The molecule has 0 atom stereocenters. The first-order valence-corrected chi connectivity index (χ1v) is 7.70. The number of hydrogen-bond donors (Lipinski definition) is 1. The molecule has 0 aromatic heterocycles. The molecule has 1 aromatic carbocycles. The quantitative estimate of drug-likeness (QED) is 0.687. The van der Waals surface area contributed by atoms with Gasteiger partial charge in [-0.1, -0.05) is 45.1 Å². The molecule has 0 radical (unpaired) electrons. The van der Waals surface area contributed by atoms with Crippen LogP contribution >= 0.6 is 0 Å². The Morgan fingerprint density at radius 2 is 1.80 bits per heavy atom. The van der Waals surface area contributed by atoms with Crippen LogP contribution in [-0.2, 0) is 0 Å². The highest BCUT2D eigenvalue weighted by Gasteiger charge is 2.07. The molecule has 0 aliphatic heterocycles. The molecular formula is C17H28N2O. The molecule has 1 rings (SSSR count). The molecule has 3 heteroatoms. The van der Waals surface area contributed by atoms with Crippen molar-refractivity contribution in [2.24, 2.45) is 0 Å². The molecule has 0 spiro atoms. The van der Waals surface area contributed by atoms with Crippen molar-refractivity contribution in [3.63, 3.8) is 0 Å². The third-order valence-electron chi connectivity index (χ3n) is 3.38. The van der Waals surface area contributed by atoms with Gasteiger partial charge in [-0.15, -0.1) is 0 Å². The standard InChI is InChI=1S/C17H28N2O/c1-4-5-6-7-8-9-13-18-16-12-10-11-15(14-16)17(20)19(2)3/h10-12,14,18H,4-9,13H2,1-3H3. The Morgan fingerprint density at radius 3 is 2.50 bits per heavy atom. The normalized spacial score (nSPS) is 10.3. The SMILES string of the molecule is CCCCCCCCNc1cccc(C(=O)N(C)C)c1. The highest BCUT2D eigenvalue weighted by Crippen LogP contribution is 2.12. The van der Waals surface area contributed by atoms with Crippen molar-refractivity contribution in [2.45, 2.75) is 45.4 Å². The van der Waals surface area contributed by atoms with E-state index in [1.165, 1.54) is 38.5 Å². The summed E-state index contributed by atoms with van der Waals surface area (Å²) >= 11 is 0. The summed E-state index contributed by atoms with van der Waals surface area (Å²) in [5.41, 5.74) is 1.77. The van der Waals surface area contributed by atoms with E-state index >= 15 is 0 Å². The van der Waals surface area contributed by atoms with Gasteiger partial charge in [0, 0.05) is 31.9 Å². The van der Waals surface area contributed by atoms with E-state index in [1.807, 2.05) is 24.3 Å². The molecule has 0 unspecified atom stereocenters. The number of carbonyl (C=O) groups excluding carboxylic acids is 1. The van der Waals surface area contributed by atoms with Crippen molar-refractivity contribution in [1.29, 1.82) is 0 Å². The molecule has 0 bridgehead atoms. The van der Waals surface area contributed by atoms with E-state index < -0.39 is 0 Å². The third kappa shape index (κ3) is 6.09. The second-order valence-electron chi connectivity index (χ2n) is 5.47. The molecule has 1 N–H and O–H groups in total. The van der Waals surface area contributed by atoms with Gasteiger partial charge >= 0.3 is 0 Å². The largest absolute Gasteiger partial charge is 0.385 e. The molecule has 0 aliphatic rings. The lowest BCUT2D eigenvalue weighted by molar-refractivity contribution is 0.0827. The Balaban J connectivity index is 2.30. The molecule has 112 valence electrons. The van der Waals surface area contributed by atoms with Crippen LogP contribution < -0.4 is 5.32 Å². The average Bonchev–Trinajstić information content (AvgIpc) is 2.45. The number of nitrogens with one attached hydrogen (secondary N) is 1. The predicted molar refractivity (Wildman–Crippen MR) is 86.3 cm³/mol. The van der Waals surface area contributed by atoms with Gasteiger partial charge in [0.2, 0.25) is 0 Å². The van der Waals surface area contributed by atoms with E-state index in [-0.39, 0.29) is 5.91 Å². The third-order valence-corrected chi connectivity index (χ3v) is 3.38. The van der Waals surface area contributed by atoms with Gasteiger partial charge in [0.1, 0.15) is 0 Å². The fourth-order valence-corrected chi connectivity index (χ4v) is 2.16. The maximum Gasteiger partial charge on any atom is 0.253 e. The average molecular weight is 276 g/mol. The summed E-state index contributed by atoms with van der Waals surface area (Å²) < 4.78 is 0. The Labute approximate surface area is 123 Å². The van der Waals surface area contributed by atoms with Crippen LogP contribution in [0, 0.1) is 0 Å². The molecule has 0 fully saturated rings. The lowest BCUT2D eigenvalue weighted by Crippen LogP contribution is -2.21. The van der Waals surface area contributed by atoms with E-state index in [0.29, 0.717) is 0 Å². The number of nitrogens with zero attached hydrogens (tertiary/aromatic N) is 1. The summed E-state index contributed by atoms with van der Waals surface area (Å²) in [7, 11) is 3.55. The van der Waals surface area contributed by atoms with Crippen LogP contribution in [0.2, 0.25) is 0 Å². The first-order valence-electron chi connectivity index (χ1n) is 7.70. The summed E-state index contributed by atoms with van der Waals surface area (Å²) in [5, 5.41) is 3.40. The number of hydrogen-bond acceptors (Lipinski definition) is 2. The molecule has 20 heavy (non-hydrogen) atoms. The van der Waals surface area contributed by atoms with E-state index in [0.717, 1.165) is 17.8 Å². The Bertz CT molecular complexity index is 402. The van der Waals surface area contributed by atoms with Gasteiger partial charge in [0.25, 0.3) is 5.91 Å². The second kappa shape index (κ2) is 9.40. The summed E-state index contributed by atoms with van der Waals surface area (Å²) in [6.07, 6.45) is 7.80. The van der Waals surface area contributed by atoms with Crippen LogP contribution in [-0.4, -0.2) is 31.4 Å². The van der Waals surface area contributed by atoms with E-state index in [1.54, 1.807) is 19.0 Å². The van der Waals surface area contributed by atoms with Crippen molar-refractivity contribution in [1.82, 2.24) is 4.90 Å². The Hall–Kier alpha value is -1.51. The molecule has 3 nitrogen and oxygen atoms in total. The molecule has 0 aliphatic carbocycles. The Morgan fingerprint density at radius 1 is 1.10 bits per heavy atom. The second-order valence-corrected chi connectivity index (χ2v) is 5.47. The summed E-state index contributed by atoms with van der Waals surface area (Å²) in [6.45, 7) is 3.22. The van der Waals surface area contributed by atoms with Gasteiger partial charge in [-0.05, 0) is 24.6 Å². The van der Waals surface area contributed by atoms with E-state index in [9.17, 15) is 4.79 Å². The number of rotatable bonds is 9. The van der Waals surface area contributed by atoms with Crippen molar-refractivity contribution >= 4 is 11.6 Å². The smallest absolute Gasteiger partial charge is 0.253 e. The van der Waals surface area contributed by atoms with Crippen molar-refractivity contribution in [2.75, 3.05) is 26.0 Å². The lowest BCUT2D eigenvalue weighted by Gasteiger charge is -2.12. The van der Waals surface area contributed by atoms with Crippen LogP contribution in [0.1, 0.15) is 55.8 Å². The highest BCUT2D eigenvalue weighted by atomic mass is 16.2. The van der Waals surface area contributed by atoms with Crippen LogP contribution in [0.4, 0.5) is 5.69 Å². The fraction of sp³-hybridized carbons (Fsp3) is 0.588. The minimum atomic E-state index is 0.0493. The van der Waals surface area contributed by atoms with Crippen LogP contribution in [0.5, 0.6) is 0 Å². The number of unbranched alkanes of at least 4 members (excludes halogenated alkanes) is 5. The van der Waals surface area contributed by atoms with Crippen molar-refractivity contribution in [3.05, 3.63) is 29.8 Å². The van der Waals surface area contributed by atoms with Gasteiger partial charge in [-0.2, -0.15) is 0 Å². The summed E-state index contributed by atoms with van der Waals surface area (Å²) in [5.74, 6) is 0.0493. The van der Waals surface area contributed by atoms with Crippen LogP contribution in [0.25, 0.3) is 0 Å². The summed E-state index contributed by atoms with van der Waals surface area (Å²) in [4.78, 5) is 13.5. The zero-order valence-corrected chi connectivity index (χ0v) is 13.1. The predicted octanol–water partition coefficient (Wildman–Crippen LogP) is 4.16. The maximum atomic E-state index is 11.9. The topological polar surface area (TPSA) is 32.3 Å². The van der Waals surface area contributed by atoms with Crippen LogP contribution in [0.15, 0.2) is 24.3 Å². The minimum absolute atomic E-state index is 0.0493. The number of carbonyl (C=O) groups is 1. The number of amides is 1. The zero-order valence-electron chi connectivity index (χ0n) is 13.1. The van der Waals surface area contributed by atoms with Gasteiger partial charge in [0.05, 0.1) is 0 Å². The maximum absolute atomic E-state index is 11.9. The van der Waals surface area contributed by atoms with Gasteiger partial charge < -0.3 is 10.2 Å².